The molecule has 0 aromatic carbocycles. The molecule has 0 bridgehead atoms. The number of rotatable bonds is 5. The number of aliphatic hydroxyl groups is 1. The predicted octanol–water partition coefficient (Wildman–Crippen LogP) is 0.892. The molecule has 0 aliphatic heterocycles. The highest BCUT2D eigenvalue weighted by molar-refractivity contribution is 7.89. The number of nitrogens with one attached hydrogen (secondary N) is 1. The summed E-state index contributed by atoms with van der Waals surface area (Å²) >= 11 is 0. The standard InChI is InChI=1S/C13H18N2O3S/c1-3-11(2)15-19(17,18)13-8-12(9-14-10-13)6-4-5-7-16/h8-11,15-16H,3,5,7H2,1-2H3. The minimum atomic E-state index is -3.55. The second-order valence-corrected chi connectivity index (χ2v) is 5.83. The third-order valence-electron chi connectivity index (χ3n) is 2.46. The van der Waals surface area contributed by atoms with Crippen molar-refractivity contribution in [2.45, 2.75) is 37.6 Å². The van der Waals surface area contributed by atoms with Crippen molar-refractivity contribution in [1.82, 2.24) is 9.71 Å². The lowest BCUT2D eigenvalue weighted by atomic mass is 10.3. The van der Waals surface area contributed by atoms with Gasteiger partial charge in [-0.3, -0.25) is 4.98 Å². The van der Waals surface area contributed by atoms with Gasteiger partial charge in [0, 0.05) is 30.4 Å². The molecule has 0 spiro atoms. The SMILES string of the molecule is CCC(C)NS(=O)(=O)c1cncc(C#CCCO)c1. The first-order valence-corrected chi connectivity index (χ1v) is 7.55. The molecule has 0 aliphatic rings. The van der Waals surface area contributed by atoms with Gasteiger partial charge in [0.25, 0.3) is 0 Å². The second-order valence-electron chi connectivity index (χ2n) is 4.12. The van der Waals surface area contributed by atoms with E-state index < -0.39 is 10.0 Å². The largest absolute Gasteiger partial charge is 0.395 e. The predicted molar refractivity (Wildman–Crippen MR) is 72.9 cm³/mol. The molecule has 0 amide bonds. The van der Waals surface area contributed by atoms with Crippen LogP contribution >= 0.6 is 0 Å². The Morgan fingerprint density at radius 3 is 2.84 bits per heavy atom. The highest BCUT2D eigenvalue weighted by Gasteiger charge is 2.16. The molecule has 0 saturated heterocycles. The molecule has 1 atom stereocenters. The van der Waals surface area contributed by atoms with Gasteiger partial charge in [-0.2, -0.15) is 0 Å². The summed E-state index contributed by atoms with van der Waals surface area (Å²) in [7, 11) is -3.55. The Labute approximate surface area is 114 Å². The van der Waals surface area contributed by atoms with Crippen LogP contribution in [0.15, 0.2) is 23.4 Å². The quantitative estimate of drug-likeness (QED) is 0.786. The molecular formula is C13H18N2O3S. The maximum absolute atomic E-state index is 12.0. The molecule has 1 aromatic rings. The van der Waals surface area contributed by atoms with Crippen LogP contribution in [0.5, 0.6) is 0 Å². The smallest absolute Gasteiger partial charge is 0.242 e. The first-order valence-electron chi connectivity index (χ1n) is 6.06. The Bertz CT molecular complexity index is 573. The summed E-state index contributed by atoms with van der Waals surface area (Å²) in [4.78, 5) is 3.98. The van der Waals surface area contributed by atoms with Gasteiger partial charge in [-0.05, 0) is 19.4 Å². The number of sulfonamides is 1. The van der Waals surface area contributed by atoms with Crippen LogP contribution in [0.25, 0.3) is 0 Å². The Hall–Kier alpha value is -1.42. The van der Waals surface area contributed by atoms with Crippen LogP contribution in [-0.2, 0) is 10.0 Å². The fourth-order valence-corrected chi connectivity index (χ4v) is 2.59. The minimum Gasteiger partial charge on any atom is -0.395 e. The van der Waals surface area contributed by atoms with Gasteiger partial charge in [0.1, 0.15) is 4.90 Å². The molecule has 104 valence electrons. The van der Waals surface area contributed by atoms with E-state index in [0.29, 0.717) is 18.4 Å². The number of hydrogen-bond donors (Lipinski definition) is 2. The van der Waals surface area contributed by atoms with E-state index in [1.165, 1.54) is 18.5 Å². The Kier molecular flexibility index (Phi) is 5.96. The molecule has 6 heteroatoms. The van der Waals surface area contributed by atoms with Crippen LogP contribution in [0, 0.1) is 11.8 Å². The maximum atomic E-state index is 12.0. The summed E-state index contributed by atoms with van der Waals surface area (Å²) in [5, 5.41) is 8.63. The first kappa shape index (κ1) is 15.6. The van der Waals surface area contributed by atoms with Crippen LogP contribution < -0.4 is 4.72 Å². The molecule has 0 saturated carbocycles. The van der Waals surface area contributed by atoms with Crippen LogP contribution in [0.3, 0.4) is 0 Å². The average Bonchev–Trinajstić information content (AvgIpc) is 2.39. The van der Waals surface area contributed by atoms with Crippen molar-refractivity contribution in [3.63, 3.8) is 0 Å². The summed E-state index contributed by atoms with van der Waals surface area (Å²) in [6.07, 6.45) is 3.85. The molecule has 1 unspecified atom stereocenters. The lowest BCUT2D eigenvalue weighted by Gasteiger charge is -2.11. The van der Waals surface area contributed by atoms with Crippen molar-refractivity contribution in [3.05, 3.63) is 24.0 Å². The lowest BCUT2D eigenvalue weighted by molar-refractivity contribution is 0.305. The molecule has 19 heavy (non-hydrogen) atoms. The fourth-order valence-electron chi connectivity index (χ4n) is 1.27. The van der Waals surface area contributed by atoms with E-state index in [2.05, 4.69) is 21.5 Å². The third-order valence-corrected chi connectivity index (χ3v) is 4.02. The lowest BCUT2D eigenvalue weighted by Crippen LogP contribution is -2.32. The molecule has 0 fully saturated rings. The van der Waals surface area contributed by atoms with Crippen molar-refractivity contribution in [3.8, 4) is 11.8 Å². The topological polar surface area (TPSA) is 79.3 Å². The second kappa shape index (κ2) is 7.24. The minimum absolute atomic E-state index is 0.0199. The van der Waals surface area contributed by atoms with E-state index in [1.54, 1.807) is 6.92 Å². The zero-order valence-electron chi connectivity index (χ0n) is 11.0. The van der Waals surface area contributed by atoms with E-state index in [-0.39, 0.29) is 17.5 Å². The number of aromatic nitrogens is 1. The maximum Gasteiger partial charge on any atom is 0.242 e. The van der Waals surface area contributed by atoms with E-state index in [0.717, 1.165) is 0 Å². The van der Waals surface area contributed by atoms with Gasteiger partial charge in [0.2, 0.25) is 10.0 Å². The van der Waals surface area contributed by atoms with Crippen molar-refractivity contribution in [2.24, 2.45) is 0 Å². The third kappa shape index (κ3) is 4.99. The molecule has 1 aromatic heterocycles. The highest BCUT2D eigenvalue weighted by atomic mass is 32.2. The summed E-state index contributed by atoms with van der Waals surface area (Å²) in [6.45, 7) is 3.69. The molecule has 0 radical (unpaired) electrons. The van der Waals surface area contributed by atoms with E-state index in [4.69, 9.17) is 5.11 Å². The molecule has 0 aliphatic carbocycles. The summed E-state index contributed by atoms with van der Waals surface area (Å²) < 4.78 is 26.6. The van der Waals surface area contributed by atoms with Gasteiger partial charge in [-0.15, -0.1) is 0 Å². The zero-order valence-corrected chi connectivity index (χ0v) is 11.9. The molecule has 1 rings (SSSR count). The summed E-state index contributed by atoms with van der Waals surface area (Å²) in [5.74, 6) is 5.49. The Morgan fingerprint density at radius 1 is 1.47 bits per heavy atom. The molecule has 2 N–H and O–H groups in total. The zero-order chi connectivity index (χ0) is 14.3. The van der Waals surface area contributed by atoms with E-state index >= 15 is 0 Å². The van der Waals surface area contributed by atoms with Crippen molar-refractivity contribution >= 4 is 10.0 Å². The van der Waals surface area contributed by atoms with Crippen molar-refractivity contribution in [2.75, 3.05) is 6.61 Å². The molecular weight excluding hydrogens is 264 g/mol. The van der Waals surface area contributed by atoms with Crippen LogP contribution in [-0.4, -0.2) is 31.2 Å². The number of pyridine rings is 1. The van der Waals surface area contributed by atoms with Crippen molar-refractivity contribution < 1.29 is 13.5 Å². The van der Waals surface area contributed by atoms with Crippen molar-refractivity contribution in [1.29, 1.82) is 0 Å². The molecule has 5 nitrogen and oxygen atoms in total. The number of nitrogens with zero attached hydrogens (tertiary/aromatic N) is 1. The van der Waals surface area contributed by atoms with Gasteiger partial charge >= 0.3 is 0 Å². The normalized spacial score (nSPS) is 12.6. The summed E-state index contributed by atoms with van der Waals surface area (Å²) in [6, 6.07) is 1.34. The number of hydrogen-bond acceptors (Lipinski definition) is 4. The first-order chi connectivity index (χ1) is 8.99. The fraction of sp³-hybridized carbons (Fsp3) is 0.462. The van der Waals surface area contributed by atoms with Gasteiger partial charge in [0.15, 0.2) is 0 Å². The Morgan fingerprint density at radius 2 is 2.21 bits per heavy atom. The number of aliphatic hydroxyl groups excluding tert-OH is 1. The average molecular weight is 282 g/mol. The van der Waals surface area contributed by atoms with Gasteiger partial charge < -0.3 is 5.11 Å². The van der Waals surface area contributed by atoms with Crippen LogP contribution in [0.4, 0.5) is 0 Å². The highest BCUT2D eigenvalue weighted by Crippen LogP contribution is 2.10. The Balaban J connectivity index is 2.96. The van der Waals surface area contributed by atoms with Gasteiger partial charge in [0.05, 0.1) is 6.61 Å². The van der Waals surface area contributed by atoms with E-state index in [1.807, 2.05) is 6.92 Å². The molecule has 1 heterocycles. The van der Waals surface area contributed by atoms with Gasteiger partial charge in [-0.25, -0.2) is 13.1 Å². The summed E-state index contributed by atoms with van der Waals surface area (Å²) in [5.41, 5.74) is 0.514. The van der Waals surface area contributed by atoms with Gasteiger partial charge in [-0.1, -0.05) is 18.8 Å². The van der Waals surface area contributed by atoms with Crippen LogP contribution in [0.1, 0.15) is 32.3 Å². The monoisotopic (exact) mass is 282 g/mol. The van der Waals surface area contributed by atoms with Crippen LogP contribution in [0.2, 0.25) is 0 Å². The van der Waals surface area contributed by atoms with E-state index in [9.17, 15) is 8.42 Å².